The number of amides is 2. The second-order valence-corrected chi connectivity index (χ2v) is 5.26. The number of hydrogen-bond acceptors (Lipinski definition) is 3. The Labute approximate surface area is 107 Å². The van der Waals surface area contributed by atoms with Crippen LogP contribution in [0.4, 0.5) is 0 Å². The third kappa shape index (κ3) is 2.90. The Kier molecular flexibility index (Phi) is 4.01. The molecule has 5 nitrogen and oxygen atoms in total. The zero-order valence-electron chi connectivity index (χ0n) is 10.8. The first-order chi connectivity index (χ1) is 8.58. The first-order valence-electron chi connectivity index (χ1n) is 6.57. The molecule has 2 rings (SSSR count). The van der Waals surface area contributed by atoms with Gasteiger partial charge < -0.3 is 16.4 Å². The summed E-state index contributed by atoms with van der Waals surface area (Å²) in [6.45, 7) is 3.53. The van der Waals surface area contributed by atoms with Crippen LogP contribution in [0, 0.1) is 5.92 Å². The van der Waals surface area contributed by atoms with Crippen molar-refractivity contribution in [3.63, 3.8) is 0 Å². The summed E-state index contributed by atoms with van der Waals surface area (Å²) in [4.78, 5) is 23.0. The van der Waals surface area contributed by atoms with E-state index in [1.54, 1.807) is 0 Å². The second-order valence-electron chi connectivity index (χ2n) is 5.26. The molecule has 4 N–H and O–H groups in total. The highest BCUT2D eigenvalue weighted by molar-refractivity contribution is 5.94. The molecule has 1 saturated carbocycles. The Morgan fingerprint density at radius 2 is 1.83 bits per heavy atom. The van der Waals surface area contributed by atoms with E-state index in [1.165, 1.54) is 5.57 Å². The number of nitrogens with two attached hydrogens (primary N) is 1. The molecule has 0 spiro atoms. The maximum Gasteiger partial charge on any atom is 0.247 e. The molecule has 2 fully saturated rings. The molecule has 0 unspecified atom stereocenters. The molecule has 0 aromatic heterocycles. The van der Waals surface area contributed by atoms with Crippen LogP contribution in [-0.4, -0.2) is 30.9 Å². The summed E-state index contributed by atoms with van der Waals surface area (Å²) in [6.07, 6.45) is 3.27. The van der Waals surface area contributed by atoms with Crippen LogP contribution in [0.2, 0.25) is 0 Å². The van der Waals surface area contributed by atoms with Crippen molar-refractivity contribution in [2.75, 3.05) is 13.1 Å². The van der Waals surface area contributed by atoms with E-state index in [0.717, 1.165) is 44.3 Å². The Hall–Kier alpha value is -1.36. The summed E-state index contributed by atoms with van der Waals surface area (Å²) in [5.74, 6) is -0.180. The molecule has 100 valence electrons. The Morgan fingerprint density at radius 1 is 1.22 bits per heavy atom. The molecule has 1 aliphatic heterocycles. The fourth-order valence-electron chi connectivity index (χ4n) is 2.49. The van der Waals surface area contributed by atoms with E-state index in [4.69, 9.17) is 5.73 Å². The monoisotopic (exact) mass is 251 g/mol. The van der Waals surface area contributed by atoms with E-state index in [9.17, 15) is 9.59 Å². The highest BCUT2D eigenvalue weighted by Crippen LogP contribution is 2.24. The Morgan fingerprint density at radius 3 is 2.28 bits per heavy atom. The molecule has 0 aromatic rings. The van der Waals surface area contributed by atoms with Gasteiger partial charge in [-0.2, -0.15) is 0 Å². The summed E-state index contributed by atoms with van der Waals surface area (Å²) in [7, 11) is 0. The van der Waals surface area contributed by atoms with E-state index in [1.807, 2.05) is 6.92 Å². The maximum atomic E-state index is 12.0. The van der Waals surface area contributed by atoms with Crippen molar-refractivity contribution in [1.29, 1.82) is 0 Å². The minimum absolute atomic E-state index is 0.00608. The smallest absolute Gasteiger partial charge is 0.247 e. The van der Waals surface area contributed by atoms with Crippen LogP contribution in [0.25, 0.3) is 0 Å². The summed E-state index contributed by atoms with van der Waals surface area (Å²) >= 11 is 0. The lowest BCUT2D eigenvalue weighted by atomic mass is 9.85. The van der Waals surface area contributed by atoms with Crippen LogP contribution >= 0.6 is 0 Å². The molecule has 0 bridgehead atoms. The molecule has 1 aliphatic carbocycles. The summed E-state index contributed by atoms with van der Waals surface area (Å²) in [5, 5.41) is 6.18. The topological polar surface area (TPSA) is 84.2 Å². The van der Waals surface area contributed by atoms with Crippen molar-refractivity contribution < 1.29 is 9.59 Å². The van der Waals surface area contributed by atoms with Gasteiger partial charge in [0, 0.05) is 30.6 Å². The molecule has 0 radical (unpaired) electrons. The minimum atomic E-state index is -0.210. The third-order valence-electron chi connectivity index (χ3n) is 4.01. The van der Waals surface area contributed by atoms with Gasteiger partial charge in [0.2, 0.25) is 11.8 Å². The van der Waals surface area contributed by atoms with Gasteiger partial charge in [-0.25, -0.2) is 0 Å². The zero-order valence-corrected chi connectivity index (χ0v) is 10.8. The number of rotatable bonds is 3. The highest BCUT2D eigenvalue weighted by Gasteiger charge is 2.26. The van der Waals surface area contributed by atoms with Crippen molar-refractivity contribution in [3.05, 3.63) is 11.1 Å². The van der Waals surface area contributed by atoms with Gasteiger partial charge in [-0.15, -0.1) is 0 Å². The van der Waals surface area contributed by atoms with Gasteiger partial charge in [0.05, 0.1) is 0 Å². The van der Waals surface area contributed by atoms with Crippen molar-refractivity contribution in [1.82, 2.24) is 10.6 Å². The van der Waals surface area contributed by atoms with Gasteiger partial charge in [0.1, 0.15) is 0 Å². The minimum Gasteiger partial charge on any atom is -0.369 e. The van der Waals surface area contributed by atoms with Gasteiger partial charge in [-0.1, -0.05) is 0 Å². The molecule has 0 aromatic carbocycles. The second kappa shape index (κ2) is 5.52. The van der Waals surface area contributed by atoms with Crippen LogP contribution in [0.3, 0.4) is 0 Å². The number of carbonyl (C=O) groups excluding carboxylic acids is 2. The number of hydrogen-bond donors (Lipinski definition) is 3. The summed E-state index contributed by atoms with van der Waals surface area (Å²) < 4.78 is 0. The maximum absolute atomic E-state index is 12.0. The van der Waals surface area contributed by atoms with Crippen LogP contribution < -0.4 is 16.4 Å². The highest BCUT2D eigenvalue weighted by atomic mass is 16.2. The van der Waals surface area contributed by atoms with Gasteiger partial charge in [0.15, 0.2) is 0 Å². The fraction of sp³-hybridized carbons (Fsp3) is 0.692. The Balaban J connectivity index is 1.81. The van der Waals surface area contributed by atoms with Gasteiger partial charge >= 0.3 is 0 Å². The molecule has 1 heterocycles. The fourth-order valence-corrected chi connectivity index (χ4v) is 2.49. The van der Waals surface area contributed by atoms with Crippen LogP contribution in [0.15, 0.2) is 11.1 Å². The van der Waals surface area contributed by atoms with Crippen LogP contribution in [0.5, 0.6) is 0 Å². The van der Waals surface area contributed by atoms with Crippen molar-refractivity contribution in [2.24, 2.45) is 11.7 Å². The van der Waals surface area contributed by atoms with Crippen molar-refractivity contribution in [2.45, 2.75) is 38.6 Å². The molecular weight excluding hydrogens is 230 g/mol. The predicted octanol–water partition coefficient (Wildman–Crippen LogP) is 0.0664. The zero-order chi connectivity index (χ0) is 13.1. The average Bonchev–Trinajstić information content (AvgIpc) is 2.27. The van der Waals surface area contributed by atoms with Gasteiger partial charge in [0.25, 0.3) is 0 Å². The molecule has 18 heavy (non-hydrogen) atoms. The van der Waals surface area contributed by atoms with Crippen molar-refractivity contribution >= 4 is 11.8 Å². The number of carbonyl (C=O) groups is 2. The summed E-state index contributed by atoms with van der Waals surface area (Å²) in [6, 6.07) is 0.191. The molecule has 0 atom stereocenters. The van der Waals surface area contributed by atoms with E-state index < -0.39 is 0 Å². The van der Waals surface area contributed by atoms with E-state index >= 15 is 0 Å². The number of nitrogens with one attached hydrogen (secondary N) is 2. The quantitative estimate of drug-likeness (QED) is 0.620. The molecule has 2 amide bonds. The molecular formula is C13H21N3O2. The number of primary amides is 1. The average molecular weight is 251 g/mol. The first-order valence-corrected chi connectivity index (χ1v) is 6.57. The predicted molar refractivity (Wildman–Crippen MR) is 68.7 cm³/mol. The lowest BCUT2D eigenvalue weighted by Crippen LogP contribution is -2.42. The SMILES string of the molecule is CC(C(=O)NC1CCC(C(N)=O)CC1)=C1CNC1. The van der Waals surface area contributed by atoms with Crippen LogP contribution in [0.1, 0.15) is 32.6 Å². The van der Waals surface area contributed by atoms with E-state index in [2.05, 4.69) is 10.6 Å². The third-order valence-corrected chi connectivity index (χ3v) is 4.01. The molecule has 2 aliphatic rings. The summed E-state index contributed by atoms with van der Waals surface area (Å²) in [5.41, 5.74) is 7.32. The molecule has 1 saturated heterocycles. The van der Waals surface area contributed by atoms with Gasteiger partial charge in [-0.05, 0) is 38.2 Å². The lowest BCUT2D eigenvalue weighted by molar-refractivity contribution is -0.122. The normalized spacial score (nSPS) is 27.3. The lowest BCUT2D eigenvalue weighted by Gasteiger charge is -2.28. The Bertz CT molecular complexity index is 376. The standard InChI is InChI=1S/C13H21N3O2/c1-8(10-6-15-7-10)13(18)16-11-4-2-9(3-5-11)12(14)17/h9,11,15H,2-7H2,1H3,(H2,14,17)(H,16,18). The first kappa shape index (κ1) is 13.1. The van der Waals surface area contributed by atoms with Crippen LogP contribution in [-0.2, 0) is 9.59 Å². The largest absolute Gasteiger partial charge is 0.369 e. The van der Waals surface area contributed by atoms with E-state index in [0.29, 0.717) is 0 Å². The van der Waals surface area contributed by atoms with Gasteiger partial charge in [-0.3, -0.25) is 9.59 Å². The van der Waals surface area contributed by atoms with E-state index in [-0.39, 0.29) is 23.8 Å². The van der Waals surface area contributed by atoms with Crippen molar-refractivity contribution in [3.8, 4) is 0 Å². The molecule has 5 heteroatoms.